The van der Waals surface area contributed by atoms with Crippen molar-refractivity contribution in [3.8, 4) is 5.69 Å². The molecule has 1 saturated carbocycles. The number of carbonyl (C=O) groups is 1. The SMILES string of the molecule is CNC(=O)[C@]1(C(F)(F)F)CC[C@@H](Nc2ncc3c(Br)nn(-c4cc(F)c5ncccc5c4)c3n2)C1. The Labute approximate surface area is 204 Å². The third-order valence-electron chi connectivity index (χ3n) is 6.32. The van der Waals surface area contributed by atoms with Gasteiger partial charge in [0.25, 0.3) is 0 Å². The van der Waals surface area contributed by atoms with Gasteiger partial charge in [-0.05, 0) is 47.3 Å². The summed E-state index contributed by atoms with van der Waals surface area (Å²) in [5.41, 5.74) is -1.54. The molecule has 2 atom stereocenters. The highest BCUT2D eigenvalue weighted by Crippen LogP contribution is 2.51. The Kier molecular flexibility index (Phi) is 5.61. The van der Waals surface area contributed by atoms with Crippen molar-refractivity contribution in [3.63, 3.8) is 0 Å². The highest BCUT2D eigenvalue weighted by molar-refractivity contribution is 9.10. The van der Waals surface area contributed by atoms with E-state index in [9.17, 15) is 22.4 Å². The molecule has 3 aromatic heterocycles. The van der Waals surface area contributed by atoms with Crippen LogP contribution in [0.15, 0.2) is 41.3 Å². The summed E-state index contributed by atoms with van der Waals surface area (Å²) in [6, 6.07) is 5.72. The zero-order chi connectivity index (χ0) is 25.0. The number of rotatable bonds is 4. The van der Waals surface area contributed by atoms with E-state index in [1.165, 1.54) is 30.2 Å². The lowest BCUT2D eigenvalue weighted by Crippen LogP contribution is -2.48. The van der Waals surface area contributed by atoms with E-state index < -0.39 is 35.8 Å². The molecule has 0 bridgehead atoms. The number of fused-ring (bicyclic) bond motifs is 2. The molecule has 1 aliphatic rings. The van der Waals surface area contributed by atoms with Crippen LogP contribution in [0.25, 0.3) is 27.6 Å². The number of hydrogen-bond donors (Lipinski definition) is 2. The van der Waals surface area contributed by atoms with Crippen LogP contribution in [0, 0.1) is 11.2 Å². The topological polar surface area (TPSA) is 97.6 Å². The maximum Gasteiger partial charge on any atom is 0.403 e. The second-order valence-corrected chi connectivity index (χ2v) is 9.13. The number of carbonyl (C=O) groups excluding carboxylic acids is 1. The van der Waals surface area contributed by atoms with E-state index in [1.807, 2.05) is 0 Å². The van der Waals surface area contributed by atoms with Crippen molar-refractivity contribution in [3.05, 3.63) is 47.1 Å². The molecular weight excluding hydrogens is 534 g/mol. The molecule has 1 aromatic carbocycles. The third kappa shape index (κ3) is 3.87. The summed E-state index contributed by atoms with van der Waals surface area (Å²) in [4.78, 5) is 24.8. The van der Waals surface area contributed by atoms with Crippen molar-refractivity contribution in [2.75, 3.05) is 12.4 Å². The first-order valence-corrected chi connectivity index (χ1v) is 11.4. The fourth-order valence-corrected chi connectivity index (χ4v) is 4.99. The summed E-state index contributed by atoms with van der Waals surface area (Å²) in [5, 5.41) is 10.5. The Morgan fingerprint density at radius 3 is 2.83 bits per heavy atom. The van der Waals surface area contributed by atoms with Gasteiger partial charge in [0, 0.05) is 36.9 Å². The van der Waals surface area contributed by atoms with Crippen molar-refractivity contribution >= 4 is 49.7 Å². The van der Waals surface area contributed by atoms with Crippen LogP contribution in [0.3, 0.4) is 0 Å². The lowest BCUT2D eigenvalue weighted by atomic mass is 9.84. The van der Waals surface area contributed by atoms with Crippen LogP contribution in [0.5, 0.6) is 0 Å². The van der Waals surface area contributed by atoms with Gasteiger partial charge in [-0.3, -0.25) is 9.78 Å². The molecule has 5 rings (SSSR count). The van der Waals surface area contributed by atoms with Crippen molar-refractivity contribution < 1.29 is 22.4 Å². The second kappa shape index (κ2) is 8.40. The maximum atomic E-state index is 14.7. The molecule has 0 spiro atoms. The first kappa shape index (κ1) is 23.4. The molecule has 3 heterocycles. The van der Waals surface area contributed by atoms with Gasteiger partial charge in [-0.1, -0.05) is 6.07 Å². The Hall–Kier alpha value is -3.35. The Balaban J connectivity index is 1.49. The monoisotopic (exact) mass is 551 g/mol. The van der Waals surface area contributed by atoms with Crippen molar-refractivity contribution in [2.24, 2.45) is 5.41 Å². The van der Waals surface area contributed by atoms with E-state index in [0.29, 0.717) is 26.7 Å². The van der Waals surface area contributed by atoms with E-state index in [0.717, 1.165) is 0 Å². The number of aromatic nitrogens is 5. The van der Waals surface area contributed by atoms with Gasteiger partial charge in [0.2, 0.25) is 11.9 Å². The molecule has 0 radical (unpaired) electrons. The van der Waals surface area contributed by atoms with Crippen LogP contribution in [0.2, 0.25) is 0 Å². The van der Waals surface area contributed by atoms with Gasteiger partial charge >= 0.3 is 6.18 Å². The van der Waals surface area contributed by atoms with E-state index in [4.69, 9.17) is 0 Å². The number of anilines is 1. The fourth-order valence-electron chi connectivity index (χ4n) is 4.56. The lowest BCUT2D eigenvalue weighted by molar-refractivity contribution is -0.220. The van der Waals surface area contributed by atoms with Gasteiger partial charge in [-0.15, -0.1) is 0 Å². The van der Waals surface area contributed by atoms with Gasteiger partial charge < -0.3 is 10.6 Å². The minimum Gasteiger partial charge on any atom is -0.358 e. The first-order valence-electron chi connectivity index (χ1n) is 10.6. The Morgan fingerprint density at radius 1 is 1.29 bits per heavy atom. The zero-order valence-corrected chi connectivity index (χ0v) is 19.8. The van der Waals surface area contributed by atoms with Gasteiger partial charge in [-0.25, -0.2) is 14.1 Å². The van der Waals surface area contributed by atoms with Crippen LogP contribution in [0.1, 0.15) is 19.3 Å². The van der Waals surface area contributed by atoms with Crippen LogP contribution in [-0.4, -0.2) is 49.9 Å². The molecule has 1 amide bonds. The van der Waals surface area contributed by atoms with E-state index >= 15 is 0 Å². The molecule has 35 heavy (non-hydrogen) atoms. The number of nitrogens with one attached hydrogen (secondary N) is 2. The molecule has 0 saturated heterocycles. The quantitative estimate of drug-likeness (QED) is 0.362. The normalized spacial score (nSPS) is 20.5. The summed E-state index contributed by atoms with van der Waals surface area (Å²) in [6.45, 7) is 0. The molecule has 13 heteroatoms. The Bertz CT molecular complexity index is 1460. The number of amides is 1. The Morgan fingerprint density at radius 2 is 2.09 bits per heavy atom. The molecular formula is C22H18BrF4N7O. The number of alkyl halides is 3. The predicted molar refractivity (Wildman–Crippen MR) is 123 cm³/mol. The zero-order valence-electron chi connectivity index (χ0n) is 18.2. The van der Waals surface area contributed by atoms with Gasteiger partial charge in [0.1, 0.15) is 15.5 Å². The highest BCUT2D eigenvalue weighted by Gasteiger charge is 2.62. The molecule has 4 aromatic rings. The predicted octanol–water partition coefficient (Wildman–Crippen LogP) is 4.52. The smallest absolute Gasteiger partial charge is 0.358 e. The third-order valence-corrected chi connectivity index (χ3v) is 6.90. The summed E-state index contributed by atoms with van der Waals surface area (Å²) < 4.78 is 57.9. The van der Waals surface area contributed by atoms with Crippen LogP contribution < -0.4 is 10.6 Å². The average Bonchev–Trinajstić information content (AvgIpc) is 3.40. The molecule has 1 fully saturated rings. The molecule has 2 N–H and O–H groups in total. The molecule has 0 unspecified atom stereocenters. The van der Waals surface area contributed by atoms with Crippen molar-refractivity contribution in [2.45, 2.75) is 31.5 Å². The van der Waals surface area contributed by atoms with Gasteiger partial charge in [0.15, 0.2) is 11.5 Å². The standard InChI is InChI=1S/C22H18BrF4N7O/c1-28-19(35)21(22(25,26)27)5-4-12(9-21)31-20-30-10-14-17(23)33-34(18(14)32-20)13-7-11-3-2-6-29-16(11)15(24)8-13/h2-3,6-8,10,12H,4-5,9H2,1H3,(H,28,35)(H,30,31,32)/t12-,21+/m1/s1. The summed E-state index contributed by atoms with van der Waals surface area (Å²) in [6.07, 6.45) is -2.39. The lowest BCUT2D eigenvalue weighted by Gasteiger charge is -2.29. The van der Waals surface area contributed by atoms with Crippen LogP contribution in [0.4, 0.5) is 23.5 Å². The van der Waals surface area contributed by atoms with E-state index in [1.54, 1.807) is 18.2 Å². The van der Waals surface area contributed by atoms with Gasteiger partial charge in [-0.2, -0.15) is 23.3 Å². The second-order valence-electron chi connectivity index (χ2n) is 8.38. The average molecular weight is 552 g/mol. The number of pyridine rings is 1. The van der Waals surface area contributed by atoms with Crippen molar-refractivity contribution in [1.82, 2.24) is 30.0 Å². The first-order chi connectivity index (χ1) is 16.6. The molecule has 8 nitrogen and oxygen atoms in total. The van der Waals surface area contributed by atoms with E-state index in [2.05, 4.69) is 46.6 Å². The number of nitrogens with zero attached hydrogens (tertiary/aromatic N) is 5. The summed E-state index contributed by atoms with van der Waals surface area (Å²) in [7, 11) is 1.19. The minimum atomic E-state index is -4.69. The van der Waals surface area contributed by atoms with Crippen LogP contribution in [-0.2, 0) is 4.79 Å². The van der Waals surface area contributed by atoms with Crippen LogP contribution >= 0.6 is 15.9 Å². The number of benzene rings is 1. The summed E-state index contributed by atoms with van der Waals surface area (Å²) in [5.74, 6) is -1.51. The molecule has 0 aliphatic heterocycles. The fraction of sp³-hybridized carbons (Fsp3) is 0.318. The largest absolute Gasteiger partial charge is 0.403 e. The minimum absolute atomic E-state index is 0.0777. The van der Waals surface area contributed by atoms with E-state index in [-0.39, 0.29) is 24.3 Å². The van der Waals surface area contributed by atoms with Crippen molar-refractivity contribution in [1.29, 1.82) is 0 Å². The highest BCUT2D eigenvalue weighted by atomic mass is 79.9. The summed E-state index contributed by atoms with van der Waals surface area (Å²) >= 11 is 3.35. The maximum absolute atomic E-state index is 14.7. The molecule has 1 aliphatic carbocycles. The number of hydrogen-bond acceptors (Lipinski definition) is 6. The van der Waals surface area contributed by atoms with Gasteiger partial charge in [0.05, 0.1) is 11.1 Å². The number of halogens is 5. The molecule has 182 valence electrons.